The molecule has 1 aliphatic heterocycles. The summed E-state index contributed by atoms with van der Waals surface area (Å²) < 4.78 is 37.0. The van der Waals surface area contributed by atoms with Crippen LogP contribution in [0.1, 0.15) is 30.0 Å². The normalized spacial score (nSPS) is 16.8. The zero-order valence-electron chi connectivity index (χ0n) is 18.2. The van der Waals surface area contributed by atoms with E-state index < -0.39 is 9.84 Å². The molecule has 0 aliphatic carbocycles. The summed E-state index contributed by atoms with van der Waals surface area (Å²) >= 11 is 0. The molecule has 0 saturated carbocycles. The van der Waals surface area contributed by atoms with Crippen LogP contribution in [0.4, 0.5) is 0 Å². The van der Waals surface area contributed by atoms with Crippen LogP contribution >= 0.6 is 0 Å². The lowest BCUT2D eigenvalue weighted by atomic mass is 9.94. The summed E-state index contributed by atoms with van der Waals surface area (Å²) in [5.74, 6) is 1.32. The van der Waals surface area contributed by atoms with Crippen molar-refractivity contribution in [1.82, 2.24) is 24.5 Å². The van der Waals surface area contributed by atoms with E-state index >= 15 is 0 Å². The molecule has 3 heterocycles. The summed E-state index contributed by atoms with van der Waals surface area (Å²) in [7, 11) is -0.407. The maximum atomic E-state index is 13.2. The van der Waals surface area contributed by atoms with Crippen molar-refractivity contribution < 1.29 is 22.7 Å². The maximum absolute atomic E-state index is 13.2. The van der Waals surface area contributed by atoms with Gasteiger partial charge in [0.05, 0.1) is 32.5 Å². The number of amides is 1. The van der Waals surface area contributed by atoms with Crippen molar-refractivity contribution in [2.45, 2.75) is 30.1 Å². The smallest absolute Gasteiger partial charge is 0.252 e. The first-order valence-electron chi connectivity index (χ1n) is 10.2. The van der Waals surface area contributed by atoms with Crippen LogP contribution < -0.4 is 9.47 Å². The van der Waals surface area contributed by atoms with Crippen LogP contribution in [0.2, 0.25) is 0 Å². The first-order valence-corrected chi connectivity index (χ1v) is 12.1. The van der Waals surface area contributed by atoms with Crippen molar-refractivity contribution >= 4 is 21.5 Å². The first-order chi connectivity index (χ1) is 15.3. The number of likely N-dealkylation sites (tertiary alicyclic amines) is 1. The van der Waals surface area contributed by atoms with E-state index in [1.165, 1.54) is 17.0 Å². The SMILES string of the molecule is COc1ccc(OC)c(CC(=O)N2CCC[C@H](c3c(S(C)(=O)=O)cnc4ncnn34)C2)c1. The molecule has 1 aromatic carbocycles. The number of piperidine rings is 1. The van der Waals surface area contributed by atoms with Gasteiger partial charge in [-0.1, -0.05) is 0 Å². The average Bonchev–Trinajstić information content (AvgIpc) is 3.26. The van der Waals surface area contributed by atoms with Gasteiger partial charge in [0.2, 0.25) is 5.91 Å². The fourth-order valence-corrected chi connectivity index (χ4v) is 5.04. The molecule has 3 aromatic rings. The van der Waals surface area contributed by atoms with Gasteiger partial charge in [0, 0.05) is 30.8 Å². The number of carbonyl (C=O) groups excluding carboxylic acids is 1. The Bertz CT molecular complexity index is 1260. The number of hydrogen-bond acceptors (Lipinski definition) is 8. The lowest BCUT2D eigenvalue weighted by Crippen LogP contribution is -2.40. The lowest BCUT2D eigenvalue weighted by molar-refractivity contribution is -0.131. The Morgan fingerprint density at radius 1 is 1.22 bits per heavy atom. The Kier molecular flexibility index (Phi) is 6.00. The number of hydrogen-bond donors (Lipinski definition) is 0. The fraction of sp³-hybridized carbons (Fsp3) is 0.429. The maximum Gasteiger partial charge on any atom is 0.252 e. The second-order valence-corrected chi connectivity index (χ2v) is 9.77. The summed E-state index contributed by atoms with van der Waals surface area (Å²) in [6.07, 6.45) is 5.45. The van der Waals surface area contributed by atoms with Crippen molar-refractivity contribution in [2.75, 3.05) is 33.6 Å². The summed E-state index contributed by atoms with van der Waals surface area (Å²) in [6.45, 7) is 0.980. The predicted octanol–water partition coefficient (Wildman–Crippen LogP) is 1.49. The zero-order valence-corrected chi connectivity index (χ0v) is 19.0. The number of benzene rings is 1. The van der Waals surface area contributed by atoms with E-state index in [1.54, 1.807) is 37.3 Å². The van der Waals surface area contributed by atoms with Gasteiger partial charge in [0.1, 0.15) is 22.7 Å². The Hall–Kier alpha value is -3.21. The highest BCUT2D eigenvalue weighted by Crippen LogP contribution is 2.32. The van der Waals surface area contributed by atoms with Gasteiger partial charge in [-0.3, -0.25) is 4.79 Å². The fourth-order valence-electron chi connectivity index (χ4n) is 4.16. The molecule has 0 bridgehead atoms. The van der Waals surface area contributed by atoms with Crippen molar-refractivity contribution in [3.8, 4) is 11.5 Å². The lowest BCUT2D eigenvalue weighted by Gasteiger charge is -2.33. The number of methoxy groups -OCH3 is 2. The molecule has 1 saturated heterocycles. The van der Waals surface area contributed by atoms with Gasteiger partial charge in [-0.15, -0.1) is 0 Å². The van der Waals surface area contributed by atoms with E-state index in [1.807, 2.05) is 0 Å². The monoisotopic (exact) mass is 459 g/mol. The Labute approximate surface area is 186 Å². The highest BCUT2D eigenvalue weighted by molar-refractivity contribution is 7.90. The second kappa shape index (κ2) is 8.73. The third-order valence-corrected chi connectivity index (χ3v) is 6.81. The molecular formula is C21H25N5O5S. The van der Waals surface area contributed by atoms with E-state index in [0.717, 1.165) is 24.7 Å². The number of ether oxygens (including phenoxy) is 2. The molecule has 1 amide bonds. The van der Waals surface area contributed by atoms with Crippen LogP contribution in [-0.2, 0) is 21.1 Å². The standard InChI is InChI=1S/C21H25N5O5S/c1-30-16-6-7-17(31-2)15(9-16)10-19(27)25-8-4-5-14(12-25)20-18(32(3,28)29)11-22-21-23-13-24-26(20)21/h6-7,9,11,13-14H,4-5,8,10,12H2,1-3H3/t14-/m0/s1. The summed E-state index contributed by atoms with van der Waals surface area (Å²) in [4.78, 5) is 23.2. The third kappa shape index (κ3) is 4.24. The largest absolute Gasteiger partial charge is 0.497 e. The minimum absolute atomic E-state index is 0.0638. The molecule has 1 aliphatic rings. The molecule has 32 heavy (non-hydrogen) atoms. The van der Waals surface area contributed by atoms with Crippen LogP contribution in [0, 0.1) is 0 Å². The first kappa shape index (κ1) is 22.0. The van der Waals surface area contributed by atoms with Crippen LogP contribution in [0.5, 0.6) is 11.5 Å². The molecule has 0 N–H and O–H groups in total. The topological polar surface area (TPSA) is 116 Å². The van der Waals surface area contributed by atoms with Crippen LogP contribution in [0.15, 0.2) is 35.6 Å². The number of sulfone groups is 1. The highest BCUT2D eigenvalue weighted by atomic mass is 32.2. The van der Waals surface area contributed by atoms with E-state index in [-0.39, 0.29) is 23.1 Å². The van der Waals surface area contributed by atoms with Gasteiger partial charge in [-0.25, -0.2) is 13.4 Å². The summed E-state index contributed by atoms with van der Waals surface area (Å²) in [5.41, 5.74) is 1.25. The number of nitrogens with zero attached hydrogens (tertiary/aromatic N) is 5. The zero-order chi connectivity index (χ0) is 22.9. The van der Waals surface area contributed by atoms with E-state index in [9.17, 15) is 13.2 Å². The molecule has 1 atom stereocenters. The summed E-state index contributed by atoms with van der Waals surface area (Å²) in [6, 6.07) is 5.35. The van der Waals surface area contributed by atoms with Crippen LogP contribution in [0.25, 0.3) is 5.78 Å². The number of fused-ring (bicyclic) bond motifs is 1. The van der Waals surface area contributed by atoms with Gasteiger partial charge < -0.3 is 14.4 Å². The van der Waals surface area contributed by atoms with Gasteiger partial charge in [0.25, 0.3) is 5.78 Å². The quantitative estimate of drug-likeness (QED) is 0.544. The minimum Gasteiger partial charge on any atom is -0.497 e. The predicted molar refractivity (Wildman–Crippen MR) is 116 cm³/mol. The Morgan fingerprint density at radius 3 is 2.75 bits per heavy atom. The van der Waals surface area contributed by atoms with Crippen molar-refractivity contribution in [3.63, 3.8) is 0 Å². The molecule has 11 heteroatoms. The Balaban J connectivity index is 1.63. The second-order valence-electron chi connectivity index (χ2n) is 7.79. The van der Waals surface area contributed by atoms with Crippen molar-refractivity contribution in [3.05, 3.63) is 42.0 Å². The minimum atomic E-state index is -3.54. The third-order valence-electron chi connectivity index (χ3n) is 5.70. The molecule has 170 valence electrons. The molecule has 0 spiro atoms. The molecule has 10 nitrogen and oxygen atoms in total. The molecule has 2 aromatic heterocycles. The van der Waals surface area contributed by atoms with Gasteiger partial charge in [-0.05, 0) is 31.0 Å². The number of rotatable bonds is 6. The van der Waals surface area contributed by atoms with Gasteiger partial charge in [0.15, 0.2) is 9.84 Å². The molecule has 0 radical (unpaired) electrons. The van der Waals surface area contributed by atoms with Gasteiger partial charge >= 0.3 is 0 Å². The van der Waals surface area contributed by atoms with Gasteiger partial charge in [-0.2, -0.15) is 14.6 Å². The highest BCUT2D eigenvalue weighted by Gasteiger charge is 2.31. The van der Waals surface area contributed by atoms with E-state index in [2.05, 4.69) is 15.1 Å². The van der Waals surface area contributed by atoms with Crippen LogP contribution in [0.3, 0.4) is 0 Å². The number of aromatic nitrogens is 4. The molecule has 0 unspecified atom stereocenters. The summed E-state index contributed by atoms with van der Waals surface area (Å²) in [5, 5.41) is 4.19. The molecule has 4 rings (SSSR count). The Morgan fingerprint density at radius 2 is 2.03 bits per heavy atom. The van der Waals surface area contributed by atoms with E-state index in [4.69, 9.17) is 9.47 Å². The van der Waals surface area contributed by atoms with Crippen LogP contribution in [-0.4, -0.2) is 72.4 Å². The molecular weight excluding hydrogens is 434 g/mol. The average molecular weight is 460 g/mol. The van der Waals surface area contributed by atoms with Crippen molar-refractivity contribution in [1.29, 1.82) is 0 Å². The number of carbonyl (C=O) groups is 1. The molecule has 1 fully saturated rings. The van der Waals surface area contributed by atoms with Crippen molar-refractivity contribution in [2.24, 2.45) is 0 Å². The van der Waals surface area contributed by atoms with E-state index in [0.29, 0.717) is 36.1 Å².